The monoisotopic (exact) mass is 385 g/mol. The van der Waals surface area contributed by atoms with Crippen LogP contribution < -0.4 is 5.32 Å². The third-order valence-corrected chi connectivity index (χ3v) is 7.22. The number of carbonyl (C=O) groups is 2. The average Bonchev–Trinajstić information content (AvgIpc) is 3.22. The van der Waals surface area contributed by atoms with Crippen LogP contribution in [0, 0.1) is 17.8 Å². The third-order valence-electron chi connectivity index (χ3n) is 7.22. The topological polar surface area (TPSA) is 61.9 Å². The normalized spacial score (nSPS) is 26.9. The maximum Gasteiger partial charge on any atom is 0.253 e. The molecule has 28 heavy (non-hydrogen) atoms. The number of fused-ring (bicyclic) bond motifs is 1. The van der Waals surface area contributed by atoms with Crippen molar-refractivity contribution in [2.24, 2.45) is 10.8 Å². The molecule has 6 heteroatoms. The van der Waals surface area contributed by atoms with E-state index in [0.717, 1.165) is 69.7 Å². The lowest BCUT2D eigenvalue weighted by Gasteiger charge is -2.46. The van der Waals surface area contributed by atoms with Crippen LogP contribution in [-0.4, -0.2) is 74.6 Å². The highest BCUT2D eigenvalue weighted by Crippen LogP contribution is 2.56. The molecule has 1 aromatic carbocycles. The van der Waals surface area contributed by atoms with E-state index in [1.54, 1.807) is 7.11 Å². The SMILES string of the molecule is COCCN1CC2(CCN(C(=O)c3ccc(C)cc3)CC2)[C@@]2(CCNC2=O)C1. The molecule has 3 aliphatic rings. The molecule has 0 bridgehead atoms. The number of hydrogen-bond donors (Lipinski definition) is 1. The van der Waals surface area contributed by atoms with Gasteiger partial charge in [0.05, 0.1) is 12.0 Å². The summed E-state index contributed by atoms with van der Waals surface area (Å²) in [7, 11) is 1.72. The average molecular weight is 386 g/mol. The molecule has 4 rings (SSSR count). The molecule has 1 N–H and O–H groups in total. The molecule has 2 spiro atoms. The Morgan fingerprint density at radius 1 is 1.14 bits per heavy atom. The fraction of sp³-hybridized carbons (Fsp3) is 0.636. The Kier molecular flexibility index (Phi) is 5.19. The largest absolute Gasteiger partial charge is 0.383 e. The summed E-state index contributed by atoms with van der Waals surface area (Å²) in [5, 5.41) is 3.09. The number of carbonyl (C=O) groups excluding carboxylic acids is 2. The van der Waals surface area contributed by atoms with E-state index < -0.39 is 0 Å². The highest BCUT2D eigenvalue weighted by molar-refractivity contribution is 5.94. The number of methoxy groups -OCH3 is 1. The summed E-state index contributed by atoms with van der Waals surface area (Å²) in [6.45, 7) is 7.53. The third kappa shape index (κ3) is 3.12. The Hall–Kier alpha value is -1.92. The fourth-order valence-electron chi connectivity index (χ4n) is 5.55. The molecule has 3 heterocycles. The first kappa shape index (κ1) is 19.4. The van der Waals surface area contributed by atoms with Gasteiger partial charge in [0, 0.05) is 57.4 Å². The van der Waals surface area contributed by atoms with Gasteiger partial charge in [0.1, 0.15) is 0 Å². The van der Waals surface area contributed by atoms with Gasteiger partial charge in [-0.3, -0.25) is 14.5 Å². The van der Waals surface area contributed by atoms with Gasteiger partial charge in [-0.05, 0) is 38.3 Å². The van der Waals surface area contributed by atoms with Crippen molar-refractivity contribution in [2.45, 2.75) is 26.2 Å². The van der Waals surface area contributed by atoms with Gasteiger partial charge in [-0.1, -0.05) is 17.7 Å². The van der Waals surface area contributed by atoms with E-state index in [2.05, 4.69) is 10.2 Å². The number of nitrogens with zero attached hydrogens (tertiary/aromatic N) is 2. The number of benzene rings is 1. The van der Waals surface area contributed by atoms with Crippen LogP contribution in [0.3, 0.4) is 0 Å². The van der Waals surface area contributed by atoms with E-state index in [9.17, 15) is 9.59 Å². The highest BCUT2D eigenvalue weighted by atomic mass is 16.5. The maximum atomic E-state index is 12.9. The molecule has 0 unspecified atom stereocenters. The first-order valence-electron chi connectivity index (χ1n) is 10.4. The predicted molar refractivity (Wildman–Crippen MR) is 107 cm³/mol. The van der Waals surface area contributed by atoms with Gasteiger partial charge in [-0.25, -0.2) is 0 Å². The number of amides is 2. The molecule has 0 saturated carbocycles. The summed E-state index contributed by atoms with van der Waals surface area (Å²) < 4.78 is 5.27. The molecule has 1 aromatic rings. The van der Waals surface area contributed by atoms with Crippen molar-refractivity contribution in [1.82, 2.24) is 15.1 Å². The second-order valence-electron chi connectivity index (χ2n) is 8.73. The van der Waals surface area contributed by atoms with Crippen molar-refractivity contribution < 1.29 is 14.3 Å². The maximum absolute atomic E-state index is 12.9. The first-order valence-corrected chi connectivity index (χ1v) is 10.4. The number of hydrogen-bond acceptors (Lipinski definition) is 4. The van der Waals surface area contributed by atoms with Crippen molar-refractivity contribution in [3.05, 3.63) is 35.4 Å². The number of ether oxygens (including phenoxy) is 1. The van der Waals surface area contributed by atoms with E-state index in [4.69, 9.17) is 4.74 Å². The second kappa shape index (κ2) is 7.48. The van der Waals surface area contributed by atoms with Crippen LogP contribution >= 0.6 is 0 Å². The van der Waals surface area contributed by atoms with E-state index in [1.807, 2.05) is 36.1 Å². The Bertz CT molecular complexity index is 740. The summed E-state index contributed by atoms with van der Waals surface area (Å²) >= 11 is 0. The lowest BCUT2D eigenvalue weighted by atomic mass is 9.60. The Labute approximate surface area is 167 Å². The zero-order valence-electron chi connectivity index (χ0n) is 17.0. The van der Waals surface area contributed by atoms with Gasteiger partial charge in [0.15, 0.2) is 0 Å². The van der Waals surface area contributed by atoms with Gasteiger partial charge in [0.25, 0.3) is 5.91 Å². The molecular formula is C22H31N3O3. The summed E-state index contributed by atoms with van der Waals surface area (Å²) in [6.07, 6.45) is 2.68. The summed E-state index contributed by atoms with van der Waals surface area (Å²) in [5.41, 5.74) is 1.57. The Morgan fingerprint density at radius 3 is 2.46 bits per heavy atom. The summed E-state index contributed by atoms with van der Waals surface area (Å²) in [5.74, 6) is 0.319. The molecule has 0 aromatic heterocycles. The van der Waals surface area contributed by atoms with Crippen LogP contribution in [0.4, 0.5) is 0 Å². The molecule has 3 aliphatic heterocycles. The van der Waals surface area contributed by atoms with Gasteiger partial charge < -0.3 is 15.0 Å². The van der Waals surface area contributed by atoms with Crippen molar-refractivity contribution >= 4 is 11.8 Å². The van der Waals surface area contributed by atoms with Crippen LogP contribution in [0.25, 0.3) is 0 Å². The Morgan fingerprint density at radius 2 is 1.86 bits per heavy atom. The van der Waals surface area contributed by atoms with Crippen LogP contribution in [0.5, 0.6) is 0 Å². The van der Waals surface area contributed by atoms with Crippen molar-refractivity contribution in [3.8, 4) is 0 Å². The van der Waals surface area contributed by atoms with E-state index in [1.165, 1.54) is 0 Å². The number of likely N-dealkylation sites (tertiary alicyclic amines) is 2. The smallest absolute Gasteiger partial charge is 0.253 e. The minimum Gasteiger partial charge on any atom is -0.383 e. The number of piperidine rings is 1. The summed E-state index contributed by atoms with van der Waals surface area (Å²) in [4.78, 5) is 30.2. The minimum absolute atomic E-state index is 0.0363. The lowest BCUT2D eigenvalue weighted by molar-refractivity contribution is -0.133. The van der Waals surface area contributed by atoms with Gasteiger partial charge in [-0.2, -0.15) is 0 Å². The minimum atomic E-state index is -0.306. The quantitative estimate of drug-likeness (QED) is 0.857. The number of rotatable bonds is 4. The van der Waals surface area contributed by atoms with Crippen LogP contribution in [0.2, 0.25) is 0 Å². The molecule has 152 valence electrons. The molecule has 0 aliphatic carbocycles. The van der Waals surface area contributed by atoms with Gasteiger partial charge in [0.2, 0.25) is 5.91 Å². The summed E-state index contributed by atoms with van der Waals surface area (Å²) in [6, 6.07) is 7.80. The first-order chi connectivity index (χ1) is 13.5. The van der Waals surface area contributed by atoms with E-state index in [0.29, 0.717) is 6.61 Å². The predicted octanol–water partition coefficient (Wildman–Crippen LogP) is 1.69. The highest BCUT2D eigenvalue weighted by Gasteiger charge is 2.63. The van der Waals surface area contributed by atoms with Crippen molar-refractivity contribution in [2.75, 3.05) is 53.0 Å². The lowest BCUT2D eigenvalue weighted by Crippen LogP contribution is -2.53. The second-order valence-corrected chi connectivity index (χ2v) is 8.73. The van der Waals surface area contributed by atoms with Gasteiger partial charge >= 0.3 is 0 Å². The Balaban J connectivity index is 1.50. The molecule has 1 atom stereocenters. The molecule has 2 amide bonds. The fourth-order valence-corrected chi connectivity index (χ4v) is 5.55. The van der Waals surface area contributed by atoms with E-state index >= 15 is 0 Å². The van der Waals surface area contributed by atoms with Crippen molar-refractivity contribution in [1.29, 1.82) is 0 Å². The molecule has 3 saturated heterocycles. The van der Waals surface area contributed by atoms with Crippen LogP contribution in [0.1, 0.15) is 35.2 Å². The van der Waals surface area contributed by atoms with Crippen molar-refractivity contribution in [3.63, 3.8) is 0 Å². The zero-order chi connectivity index (χ0) is 19.8. The number of nitrogens with one attached hydrogen (secondary N) is 1. The van der Waals surface area contributed by atoms with E-state index in [-0.39, 0.29) is 22.6 Å². The molecular weight excluding hydrogens is 354 g/mol. The number of aryl methyl sites for hydroxylation is 1. The van der Waals surface area contributed by atoms with Crippen LogP contribution in [0.15, 0.2) is 24.3 Å². The zero-order valence-corrected chi connectivity index (χ0v) is 17.0. The van der Waals surface area contributed by atoms with Crippen LogP contribution in [-0.2, 0) is 9.53 Å². The standard InChI is InChI=1S/C22H31N3O3/c1-17-3-5-18(6-4-17)19(26)25-11-8-21(9-12-25)15-24(13-14-28-2)16-22(21)7-10-23-20(22)27/h3-6H,7-16H2,1-2H3,(H,23,27)/t22-/m0/s1. The molecule has 6 nitrogen and oxygen atoms in total. The molecule has 3 fully saturated rings. The van der Waals surface area contributed by atoms with Gasteiger partial charge in [-0.15, -0.1) is 0 Å². The molecule has 0 radical (unpaired) electrons.